The molecule has 3 N–H and O–H groups in total. The number of nitrogens with two attached hydrogens (primary N) is 1. The van der Waals surface area contributed by atoms with Gasteiger partial charge in [0.15, 0.2) is 5.11 Å². The summed E-state index contributed by atoms with van der Waals surface area (Å²) in [6, 6.07) is 2.72. The number of halogens is 4. The van der Waals surface area contributed by atoms with E-state index in [-0.39, 0.29) is 15.7 Å². The summed E-state index contributed by atoms with van der Waals surface area (Å²) in [7, 11) is 0. The van der Waals surface area contributed by atoms with E-state index >= 15 is 0 Å². The molecule has 7 heteroatoms. The summed E-state index contributed by atoms with van der Waals surface area (Å²) < 4.78 is 38.2. The average molecular weight is 283 g/mol. The quantitative estimate of drug-likeness (QED) is 0.818. The molecule has 1 aromatic carbocycles. The largest absolute Gasteiger partial charge is 0.416 e. The molecule has 0 radical (unpaired) electrons. The zero-order valence-corrected chi connectivity index (χ0v) is 10.4. The van der Waals surface area contributed by atoms with Gasteiger partial charge in [-0.15, -0.1) is 0 Å². The van der Waals surface area contributed by atoms with E-state index in [0.717, 1.165) is 6.07 Å². The third-order valence-corrected chi connectivity index (χ3v) is 2.50. The van der Waals surface area contributed by atoms with Crippen molar-refractivity contribution in [1.29, 1.82) is 0 Å². The number of alkyl halides is 3. The summed E-state index contributed by atoms with van der Waals surface area (Å²) >= 11 is 10.3. The number of rotatable bonds is 2. The molecule has 0 aliphatic heterocycles. The predicted molar refractivity (Wildman–Crippen MR) is 64.8 cm³/mol. The Labute approximate surface area is 107 Å². The van der Waals surface area contributed by atoms with E-state index in [1.54, 1.807) is 0 Å². The lowest BCUT2D eigenvalue weighted by atomic mass is 10.0. The minimum absolute atomic E-state index is 0.0119. The second kappa shape index (κ2) is 5.10. The molecule has 17 heavy (non-hydrogen) atoms. The first-order valence-corrected chi connectivity index (χ1v) is 5.43. The molecule has 1 unspecified atom stereocenters. The molecule has 0 spiro atoms. The molecular weight excluding hydrogens is 273 g/mol. The maximum atomic E-state index is 12.7. The van der Waals surface area contributed by atoms with Gasteiger partial charge in [0, 0.05) is 5.02 Å². The monoisotopic (exact) mass is 282 g/mol. The normalized spacial score (nSPS) is 13.2. The van der Waals surface area contributed by atoms with Crippen molar-refractivity contribution < 1.29 is 13.2 Å². The molecule has 0 bridgehead atoms. The molecule has 2 nitrogen and oxygen atoms in total. The van der Waals surface area contributed by atoms with Crippen molar-refractivity contribution in [2.24, 2.45) is 5.73 Å². The van der Waals surface area contributed by atoms with E-state index in [1.165, 1.54) is 19.1 Å². The molecule has 0 heterocycles. The van der Waals surface area contributed by atoms with E-state index in [0.29, 0.717) is 0 Å². The second-order valence-corrected chi connectivity index (χ2v) is 4.34. The number of benzene rings is 1. The minimum Gasteiger partial charge on any atom is -0.376 e. The number of nitrogens with one attached hydrogen (secondary N) is 1. The summed E-state index contributed by atoms with van der Waals surface area (Å²) in [4.78, 5) is 0. The highest BCUT2D eigenvalue weighted by Crippen LogP contribution is 2.35. The van der Waals surface area contributed by atoms with E-state index in [4.69, 9.17) is 17.3 Å². The first-order chi connectivity index (χ1) is 7.71. The van der Waals surface area contributed by atoms with Gasteiger partial charge in [-0.25, -0.2) is 0 Å². The molecule has 0 aliphatic rings. The van der Waals surface area contributed by atoms with Crippen LogP contribution < -0.4 is 11.1 Å². The van der Waals surface area contributed by atoms with Crippen molar-refractivity contribution in [3.8, 4) is 0 Å². The van der Waals surface area contributed by atoms with Gasteiger partial charge in [-0.2, -0.15) is 13.2 Å². The van der Waals surface area contributed by atoms with Crippen molar-refractivity contribution >= 4 is 28.9 Å². The van der Waals surface area contributed by atoms with Crippen molar-refractivity contribution in [1.82, 2.24) is 5.32 Å². The van der Waals surface area contributed by atoms with Gasteiger partial charge in [0.1, 0.15) is 0 Å². The zero-order valence-electron chi connectivity index (χ0n) is 8.81. The molecular formula is C10H10ClF3N2S. The van der Waals surface area contributed by atoms with Crippen molar-refractivity contribution in [3.05, 3.63) is 34.3 Å². The molecule has 1 rings (SSSR count). The maximum Gasteiger partial charge on any atom is 0.416 e. The van der Waals surface area contributed by atoms with Crippen LogP contribution in [-0.4, -0.2) is 5.11 Å². The van der Waals surface area contributed by atoms with Gasteiger partial charge in [-0.1, -0.05) is 11.6 Å². The average Bonchev–Trinajstić information content (AvgIpc) is 2.14. The third kappa shape index (κ3) is 3.74. The summed E-state index contributed by atoms with van der Waals surface area (Å²) in [5.74, 6) is 0. The highest BCUT2D eigenvalue weighted by molar-refractivity contribution is 7.80. The van der Waals surface area contributed by atoms with E-state index in [1.807, 2.05) is 0 Å². The van der Waals surface area contributed by atoms with Gasteiger partial charge in [-0.05, 0) is 42.9 Å². The van der Waals surface area contributed by atoms with E-state index in [9.17, 15) is 13.2 Å². The Morgan fingerprint density at radius 3 is 2.53 bits per heavy atom. The maximum absolute atomic E-state index is 12.7. The van der Waals surface area contributed by atoms with Gasteiger partial charge in [0.05, 0.1) is 11.6 Å². The van der Waals surface area contributed by atoms with Gasteiger partial charge < -0.3 is 11.1 Å². The first-order valence-electron chi connectivity index (χ1n) is 4.64. The molecule has 1 aromatic rings. The van der Waals surface area contributed by atoms with Crippen LogP contribution in [0.3, 0.4) is 0 Å². The topological polar surface area (TPSA) is 38.0 Å². The lowest BCUT2D eigenvalue weighted by Crippen LogP contribution is -2.32. The van der Waals surface area contributed by atoms with Crippen LogP contribution in [-0.2, 0) is 6.18 Å². The predicted octanol–water partition coefficient (Wildman–Crippen LogP) is 3.25. The lowest BCUT2D eigenvalue weighted by Gasteiger charge is -2.19. The molecule has 0 aromatic heterocycles. The van der Waals surface area contributed by atoms with Gasteiger partial charge in [0.2, 0.25) is 0 Å². The van der Waals surface area contributed by atoms with Crippen LogP contribution in [0.15, 0.2) is 18.2 Å². The molecule has 0 fully saturated rings. The Bertz CT molecular complexity index is 434. The van der Waals surface area contributed by atoms with Crippen LogP contribution in [0, 0.1) is 0 Å². The molecule has 0 saturated heterocycles. The summed E-state index contributed by atoms with van der Waals surface area (Å²) in [5.41, 5.74) is 4.49. The standard InChI is InChI=1S/C10H10ClF3N2S/c1-5(16-9(15)17)7-4-6(11)2-3-8(7)10(12,13)14/h2-5H,1H3,(H3,15,16,17). The van der Waals surface area contributed by atoms with Crippen molar-refractivity contribution in [2.45, 2.75) is 19.1 Å². The summed E-state index contributed by atoms with van der Waals surface area (Å²) in [6.45, 7) is 1.53. The Morgan fingerprint density at radius 2 is 2.06 bits per heavy atom. The van der Waals surface area contributed by atoms with Gasteiger partial charge in [-0.3, -0.25) is 0 Å². The number of hydrogen-bond donors (Lipinski definition) is 2. The minimum atomic E-state index is -4.44. The van der Waals surface area contributed by atoms with Crippen LogP contribution in [0.2, 0.25) is 5.02 Å². The number of hydrogen-bond acceptors (Lipinski definition) is 1. The van der Waals surface area contributed by atoms with Crippen molar-refractivity contribution in [2.75, 3.05) is 0 Å². The van der Waals surface area contributed by atoms with Gasteiger partial charge >= 0.3 is 6.18 Å². The summed E-state index contributed by atoms with van der Waals surface area (Å²) in [6.07, 6.45) is -4.44. The zero-order chi connectivity index (χ0) is 13.2. The van der Waals surface area contributed by atoms with Crippen molar-refractivity contribution in [3.63, 3.8) is 0 Å². The first kappa shape index (κ1) is 14.1. The Kier molecular flexibility index (Phi) is 4.21. The molecule has 0 amide bonds. The Morgan fingerprint density at radius 1 is 1.47 bits per heavy atom. The lowest BCUT2D eigenvalue weighted by molar-refractivity contribution is -0.138. The second-order valence-electron chi connectivity index (χ2n) is 3.46. The summed E-state index contributed by atoms with van der Waals surface area (Å²) in [5, 5.41) is 2.71. The molecule has 94 valence electrons. The Hall–Kier alpha value is -1.01. The smallest absolute Gasteiger partial charge is 0.376 e. The Balaban J connectivity index is 3.20. The highest BCUT2D eigenvalue weighted by Gasteiger charge is 2.34. The van der Waals surface area contributed by atoms with Gasteiger partial charge in [0.25, 0.3) is 0 Å². The fraction of sp³-hybridized carbons (Fsp3) is 0.300. The number of thiocarbonyl (C=S) groups is 1. The highest BCUT2D eigenvalue weighted by atomic mass is 35.5. The molecule has 0 saturated carbocycles. The van der Waals surface area contributed by atoms with Crippen LogP contribution in [0.25, 0.3) is 0 Å². The molecule has 0 aliphatic carbocycles. The van der Waals surface area contributed by atoms with E-state index in [2.05, 4.69) is 17.5 Å². The fourth-order valence-corrected chi connectivity index (χ4v) is 1.80. The fourth-order valence-electron chi connectivity index (χ4n) is 1.44. The SMILES string of the molecule is CC(NC(N)=S)c1cc(Cl)ccc1C(F)(F)F. The van der Waals surface area contributed by atoms with Crippen LogP contribution in [0.1, 0.15) is 24.1 Å². The van der Waals surface area contributed by atoms with Crippen LogP contribution in [0.4, 0.5) is 13.2 Å². The van der Waals surface area contributed by atoms with E-state index < -0.39 is 17.8 Å². The van der Waals surface area contributed by atoms with Crippen LogP contribution in [0.5, 0.6) is 0 Å². The third-order valence-electron chi connectivity index (χ3n) is 2.14. The van der Waals surface area contributed by atoms with Crippen LogP contribution >= 0.6 is 23.8 Å². The molecule has 1 atom stereocenters.